The summed E-state index contributed by atoms with van der Waals surface area (Å²) in [5.41, 5.74) is 0.587. The summed E-state index contributed by atoms with van der Waals surface area (Å²) in [5, 5.41) is 17.8. The number of amides is 2. The SMILES string of the molecule is C=CCNC(=O)Cn1nnc(C(NC(=O)c2ccccc2)C2CC2)n1. The number of tetrazole rings is 1. The zero-order valence-electron chi connectivity index (χ0n) is 13.8. The monoisotopic (exact) mass is 340 g/mol. The van der Waals surface area contributed by atoms with Gasteiger partial charge in [-0.05, 0) is 36.1 Å². The van der Waals surface area contributed by atoms with Gasteiger partial charge >= 0.3 is 0 Å². The molecule has 1 unspecified atom stereocenters. The third kappa shape index (κ3) is 4.50. The molecule has 8 nitrogen and oxygen atoms in total. The number of hydrogen-bond acceptors (Lipinski definition) is 5. The van der Waals surface area contributed by atoms with Gasteiger partial charge in [-0.3, -0.25) is 9.59 Å². The summed E-state index contributed by atoms with van der Waals surface area (Å²) in [6, 6.07) is 8.72. The standard InChI is InChI=1S/C17H20N6O2/c1-2-10-18-14(24)11-23-21-16(20-22-23)15(12-8-9-12)19-17(25)13-6-4-3-5-7-13/h2-7,12,15H,1,8-11H2,(H,18,24)(H,19,25). The molecule has 2 aromatic rings. The number of hydrogen-bond donors (Lipinski definition) is 2. The van der Waals surface area contributed by atoms with Crippen molar-refractivity contribution in [2.45, 2.75) is 25.4 Å². The molecule has 2 N–H and O–H groups in total. The summed E-state index contributed by atoms with van der Waals surface area (Å²) in [7, 11) is 0. The Bertz CT molecular complexity index is 754. The summed E-state index contributed by atoms with van der Waals surface area (Å²) in [5.74, 6) is 0.348. The number of carbonyl (C=O) groups is 2. The van der Waals surface area contributed by atoms with E-state index in [9.17, 15) is 9.59 Å². The highest BCUT2D eigenvalue weighted by molar-refractivity contribution is 5.94. The molecule has 2 amide bonds. The van der Waals surface area contributed by atoms with Crippen LogP contribution < -0.4 is 10.6 Å². The smallest absolute Gasteiger partial charge is 0.251 e. The molecular formula is C17H20N6O2. The van der Waals surface area contributed by atoms with Crippen molar-refractivity contribution >= 4 is 11.8 Å². The Morgan fingerprint density at radius 2 is 2.08 bits per heavy atom. The highest BCUT2D eigenvalue weighted by Crippen LogP contribution is 2.39. The lowest BCUT2D eigenvalue weighted by atomic mass is 10.1. The van der Waals surface area contributed by atoms with E-state index in [1.165, 1.54) is 4.80 Å². The fraction of sp³-hybridized carbons (Fsp3) is 0.353. The zero-order valence-corrected chi connectivity index (χ0v) is 13.8. The minimum atomic E-state index is -0.294. The van der Waals surface area contributed by atoms with Crippen molar-refractivity contribution in [3.8, 4) is 0 Å². The van der Waals surface area contributed by atoms with Gasteiger partial charge in [0, 0.05) is 12.1 Å². The molecule has 1 atom stereocenters. The molecular weight excluding hydrogens is 320 g/mol. The number of aromatic nitrogens is 4. The third-order valence-corrected chi connectivity index (χ3v) is 3.89. The fourth-order valence-corrected chi connectivity index (χ4v) is 2.45. The first-order chi connectivity index (χ1) is 12.2. The van der Waals surface area contributed by atoms with Crippen LogP contribution >= 0.6 is 0 Å². The second-order valence-corrected chi connectivity index (χ2v) is 5.93. The predicted molar refractivity (Wildman–Crippen MR) is 90.4 cm³/mol. The van der Waals surface area contributed by atoms with Crippen LogP contribution in [0, 0.1) is 5.92 Å². The van der Waals surface area contributed by atoms with Crippen LogP contribution in [0.5, 0.6) is 0 Å². The number of nitrogens with zero attached hydrogens (tertiary/aromatic N) is 4. The maximum atomic E-state index is 12.4. The molecule has 3 rings (SSSR count). The average Bonchev–Trinajstić information content (AvgIpc) is 3.37. The fourth-order valence-electron chi connectivity index (χ4n) is 2.45. The normalized spacial score (nSPS) is 14.6. The zero-order chi connectivity index (χ0) is 17.6. The van der Waals surface area contributed by atoms with Crippen molar-refractivity contribution in [2.75, 3.05) is 6.54 Å². The molecule has 8 heteroatoms. The first-order valence-electron chi connectivity index (χ1n) is 8.18. The van der Waals surface area contributed by atoms with Crippen LogP contribution in [-0.2, 0) is 11.3 Å². The summed E-state index contributed by atoms with van der Waals surface area (Å²) >= 11 is 0. The first-order valence-corrected chi connectivity index (χ1v) is 8.18. The van der Waals surface area contributed by atoms with Gasteiger partial charge in [-0.1, -0.05) is 24.3 Å². The summed E-state index contributed by atoms with van der Waals surface area (Å²) in [6.07, 6.45) is 3.61. The summed E-state index contributed by atoms with van der Waals surface area (Å²) in [6.45, 7) is 3.90. The van der Waals surface area contributed by atoms with Crippen molar-refractivity contribution in [2.24, 2.45) is 5.92 Å². The molecule has 1 aliphatic carbocycles. The Balaban J connectivity index is 1.66. The van der Waals surface area contributed by atoms with E-state index in [-0.39, 0.29) is 24.4 Å². The Hall–Kier alpha value is -3.03. The Morgan fingerprint density at radius 3 is 2.76 bits per heavy atom. The molecule has 25 heavy (non-hydrogen) atoms. The number of rotatable bonds is 8. The quantitative estimate of drug-likeness (QED) is 0.694. The Kier molecular flexibility index (Phi) is 5.17. The molecule has 1 saturated carbocycles. The van der Waals surface area contributed by atoms with Gasteiger partial charge in [-0.2, -0.15) is 4.80 Å². The van der Waals surface area contributed by atoms with Crippen molar-refractivity contribution in [3.05, 3.63) is 54.4 Å². The lowest BCUT2D eigenvalue weighted by Crippen LogP contribution is -2.31. The van der Waals surface area contributed by atoms with Crippen LogP contribution in [0.3, 0.4) is 0 Å². The third-order valence-electron chi connectivity index (χ3n) is 3.89. The van der Waals surface area contributed by atoms with Gasteiger partial charge < -0.3 is 10.6 Å². The van der Waals surface area contributed by atoms with Gasteiger partial charge in [-0.25, -0.2) is 0 Å². The summed E-state index contributed by atoms with van der Waals surface area (Å²) < 4.78 is 0. The van der Waals surface area contributed by atoms with Crippen LogP contribution in [0.15, 0.2) is 43.0 Å². The van der Waals surface area contributed by atoms with Crippen molar-refractivity contribution in [1.29, 1.82) is 0 Å². The molecule has 0 aliphatic heterocycles. The van der Waals surface area contributed by atoms with Crippen LogP contribution in [0.25, 0.3) is 0 Å². The van der Waals surface area contributed by atoms with Gasteiger partial charge in [0.2, 0.25) is 5.91 Å². The van der Waals surface area contributed by atoms with Gasteiger partial charge in [-0.15, -0.1) is 16.8 Å². The van der Waals surface area contributed by atoms with Crippen LogP contribution in [-0.4, -0.2) is 38.6 Å². The highest BCUT2D eigenvalue weighted by Gasteiger charge is 2.36. The lowest BCUT2D eigenvalue weighted by Gasteiger charge is -2.14. The minimum Gasteiger partial charge on any atom is -0.351 e. The van der Waals surface area contributed by atoms with Gasteiger partial charge in [0.1, 0.15) is 6.54 Å². The van der Waals surface area contributed by atoms with E-state index < -0.39 is 0 Å². The van der Waals surface area contributed by atoms with Gasteiger partial charge in [0.15, 0.2) is 5.82 Å². The maximum absolute atomic E-state index is 12.4. The van der Waals surface area contributed by atoms with Crippen LogP contribution in [0.2, 0.25) is 0 Å². The van der Waals surface area contributed by atoms with E-state index >= 15 is 0 Å². The van der Waals surface area contributed by atoms with Crippen molar-refractivity contribution in [3.63, 3.8) is 0 Å². The predicted octanol–water partition coefficient (Wildman–Crippen LogP) is 0.856. The molecule has 0 saturated heterocycles. The molecule has 130 valence electrons. The van der Waals surface area contributed by atoms with Crippen molar-refractivity contribution < 1.29 is 9.59 Å². The molecule has 1 aromatic heterocycles. The van der Waals surface area contributed by atoms with Gasteiger partial charge in [0.25, 0.3) is 5.91 Å². The molecule has 0 radical (unpaired) electrons. The van der Waals surface area contributed by atoms with Crippen LogP contribution in [0.1, 0.15) is 35.1 Å². The largest absolute Gasteiger partial charge is 0.351 e. The minimum absolute atomic E-state index is 0.0230. The van der Waals surface area contributed by atoms with E-state index in [2.05, 4.69) is 32.6 Å². The van der Waals surface area contributed by atoms with E-state index in [0.717, 1.165) is 12.8 Å². The Labute approximate surface area is 145 Å². The molecule has 1 heterocycles. The second kappa shape index (κ2) is 7.69. The maximum Gasteiger partial charge on any atom is 0.251 e. The summed E-state index contributed by atoms with van der Waals surface area (Å²) in [4.78, 5) is 25.3. The average molecular weight is 340 g/mol. The van der Waals surface area contributed by atoms with E-state index in [1.807, 2.05) is 18.2 Å². The molecule has 0 spiro atoms. The first kappa shape index (κ1) is 16.8. The van der Waals surface area contributed by atoms with E-state index in [1.54, 1.807) is 18.2 Å². The molecule has 0 bridgehead atoms. The second-order valence-electron chi connectivity index (χ2n) is 5.93. The van der Waals surface area contributed by atoms with Crippen LogP contribution in [0.4, 0.5) is 0 Å². The number of nitrogens with one attached hydrogen (secondary N) is 2. The highest BCUT2D eigenvalue weighted by atomic mass is 16.2. The van der Waals surface area contributed by atoms with E-state index in [0.29, 0.717) is 23.9 Å². The van der Waals surface area contributed by atoms with E-state index in [4.69, 9.17) is 0 Å². The topological polar surface area (TPSA) is 102 Å². The molecule has 1 aliphatic rings. The van der Waals surface area contributed by atoms with Crippen molar-refractivity contribution in [1.82, 2.24) is 30.8 Å². The lowest BCUT2D eigenvalue weighted by molar-refractivity contribution is -0.121. The number of carbonyl (C=O) groups excluding carboxylic acids is 2. The Morgan fingerprint density at radius 1 is 1.32 bits per heavy atom. The number of benzene rings is 1. The van der Waals surface area contributed by atoms with Gasteiger partial charge in [0.05, 0.1) is 6.04 Å². The molecule has 1 aromatic carbocycles. The molecule has 1 fully saturated rings.